The third kappa shape index (κ3) is 4.46. The van der Waals surface area contributed by atoms with Gasteiger partial charge in [-0.3, -0.25) is 9.69 Å². The first-order valence-corrected chi connectivity index (χ1v) is 6.52. The SMILES string of the molecule is CC=CCCCC(=O)C(c1ccccc1)N(C)C. The number of rotatable bonds is 7. The van der Waals surface area contributed by atoms with Crippen molar-refractivity contribution < 1.29 is 4.79 Å². The van der Waals surface area contributed by atoms with Crippen LogP contribution in [0, 0.1) is 0 Å². The van der Waals surface area contributed by atoms with Gasteiger partial charge in [-0.05, 0) is 39.4 Å². The minimum Gasteiger partial charge on any atom is -0.298 e. The maximum Gasteiger partial charge on any atom is 0.154 e. The number of benzene rings is 1. The largest absolute Gasteiger partial charge is 0.298 e. The van der Waals surface area contributed by atoms with E-state index in [1.54, 1.807) is 0 Å². The number of carbonyl (C=O) groups is 1. The molecule has 0 radical (unpaired) electrons. The first kappa shape index (κ1) is 14.7. The maximum absolute atomic E-state index is 12.3. The highest BCUT2D eigenvalue weighted by Gasteiger charge is 2.21. The Morgan fingerprint density at radius 3 is 2.50 bits per heavy atom. The summed E-state index contributed by atoms with van der Waals surface area (Å²) in [4.78, 5) is 14.3. The Labute approximate surface area is 110 Å². The number of ketones is 1. The van der Waals surface area contributed by atoms with E-state index in [0.717, 1.165) is 18.4 Å². The Balaban J connectivity index is 2.65. The molecule has 1 aromatic carbocycles. The second kappa shape index (κ2) is 7.83. The Kier molecular flexibility index (Phi) is 6.37. The van der Waals surface area contributed by atoms with Crippen LogP contribution in [0.1, 0.15) is 37.8 Å². The summed E-state index contributed by atoms with van der Waals surface area (Å²) < 4.78 is 0. The van der Waals surface area contributed by atoms with Crippen LogP contribution in [0.25, 0.3) is 0 Å². The van der Waals surface area contributed by atoms with E-state index in [4.69, 9.17) is 0 Å². The summed E-state index contributed by atoms with van der Waals surface area (Å²) in [5.41, 5.74) is 1.08. The Morgan fingerprint density at radius 2 is 1.94 bits per heavy atom. The number of allylic oxidation sites excluding steroid dienone is 2. The molecule has 1 atom stereocenters. The Hall–Kier alpha value is -1.41. The number of Topliss-reactive ketones (excluding diaryl/α,β-unsaturated/α-hetero) is 1. The van der Waals surface area contributed by atoms with Gasteiger partial charge in [0, 0.05) is 6.42 Å². The first-order chi connectivity index (χ1) is 8.66. The second-order valence-electron chi connectivity index (χ2n) is 4.70. The van der Waals surface area contributed by atoms with Gasteiger partial charge < -0.3 is 0 Å². The van der Waals surface area contributed by atoms with Gasteiger partial charge in [0.05, 0.1) is 6.04 Å². The molecule has 0 amide bonds. The van der Waals surface area contributed by atoms with Crippen molar-refractivity contribution >= 4 is 5.78 Å². The quantitative estimate of drug-likeness (QED) is 0.540. The molecular formula is C16H23NO. The summed E-state index contributed by atoms with van der Waals surface area (Å²) >= 11 is 0. The number of likely N-dealkylation sites (N-methyl/N-ethyl adjacent to an activating group) is 1. The van der Waals surface area contributed by atoms with Crippen LogP contribution in [0.15, 0.2) is 42.5 Å². The molecule has 0 aromatic heterocycles. The normalized spacial score (nSPS) is 13.1. The van der Waals surface area contributed by atoms with Crippen LogP contribution in [-0.2, 0) is 4.79 Å². The van der Waals surface area contributed by atoms with Crippen molar-refractivity contribution in [3.8, 4) is 0 Å². The molecule has 0 heterocycles. The van der Waals surface area contributed by atoms with E-state index < -0.39 is 0 Å². The smallest absolute Gasteiger partial charge is 0.154 e. The van der Waals surface area contributed by atoms with Crippen molar-refractivity contribution in [1.29, 1.82) is 0 Å². The summed E-state index contributed by atoms with van der Waals surface area (Å²) in [5.74, 6) is 0.302. The standard InChI is InChI=1S/C16H23NO/c1-4-5-6-10-13-15(18)16(17(2)3)14-11-8-7-9-12-14/h4-5,7-9,11-12,16H,6,10,13H2,1-3H3. The van der Waals surface area contributed by atoms with Gasteiger partial charge in [-0.25, -0.2) is 0 Å². The maximum atomic E-state index is 12.3. The van der Waals surface area contributed by atoms with Gasteiger partial charge in [0.15, 0.2) is 5.78 Å². The molecule has 0 bridgehead atoms. The number of hydrogen-bond acceptors (Lipinski definition) is 2. The van der Waals surface area contributed by atoms with Crippen LogP contribution >= 0.6 is 0 Å². The van der Waals surface area contributed by atoms with E-state index in [-0.39, 0.29) is 6.04 Å². The van der Waals surface area contributed by atoms with Crippen molar-refractivity contribution in [2.75, 3.05) is 14.1 Å². The van der Waals surface area contributed by atoms with Gasteiger partial charge in [0.2, 0.25) is 0 Å². The minimum atomic E-state index is -0.114. The fourth-order valence-corrected chi connectivity index (χ4v) is 2.10. The van der Waals surface area contributed by atoms with Crippen molar-refractivity contribution in [3.63, 3.8) is 0 Å². The van der Waals surface area contributed by atoms with Crippen molar-refractivity contribution in [1.82, 2.24) is 4.90 Å². The van der Waals surface area contributed by atoms with Gasteiger partial charge >= 0.3 is 0 Å². The van der Waals surface area contributed by atoms with Crippen LogP contribution in [-0.4, -0.2) is 24.8 Å². The lowest BCUT2D eigenvalue weighted by Gasteiger charge is -2.23. The average molecular weight is 245 g/mol. The van der Waals surface area contributed by atoms with Crippen LogP contribution in [0.4, 0.5) is 0 Å². The highest BCUT2D eigenvalue weighted by atomic mass is 16.1. The minimum absolute atomic E-state index is 0.114. The third-order valence-corrected chi connectivity index (χ3v) is 2.97. The van der Waals surface area contributed by atoms with Crippen LogP contribution < -0.4 is 0 Å². The monoisotopic (exact) mass is 245 g/mol. The second-order valence-corrected chi connectivity index (χ2v) is 4.70. The van der Waals surface area contributed by atoms with Crippen LogP contribution in [0.3, 0.4) is 0 Å². The average Bonchev–Trinajstić information content (AvgIpc) is 2.36. The number of carbonyl (C=O) groups excluding carboxylic acids is 1. The number of unbranched alkanes of at least 4 members (excludes halogenated alkanes) is 1. The van der Waals surface area contributed by atoms with E-state index in [2.05, 4.69) is 6.08 Å². The van der Waals surface area contributed by atoms with E-state index >= 15 is 0 Å². The summed E-state index contributed by atoms with van der Waals surface area (Å²) in [5, 5.41) is 0. The van der Waals surface area contributed by atoms with Gasteiger partial charge in [-0.15, -0.1) is 0 Å². The lowest BCUT2D eigenvalue weighted by molar-refractivity contribution is -0.123. The van der Waals surface area contributed by atoms with E-state index in [1.807, 2.05) is 62.3 Å². The molecule has 0 N–H and O–H groups in total. The third-order valence-electron chi connectivity index (χ3n) is 2.97. The zero-order valence-electron chi connectivity index (χ0n) is 11.6. The highest BCUT2D eigenvalue weighted by Crippen LogP contribution is 2.21. The molecule has 0 aliphatic rings. The molecule has 1 rings (SSSR count). The summed E-state index contributed by atoms with van der Waals surface area (Å²) in [6, 6.07) is 9.88. The Bertz CT molecular complexity index is 381. The fourth-order valence-electron chi connectivity index (χ4n) is 2.10. The summed E-state index contributed by atoms with van der Waals surface area (Å²) in [6.07, 6.45) is 6.70. The van der Waals surface area contributed by atoms with Crippen molar-refractivity contribution in [2.24, 2.45) is 0 Å². The predicted molar refractivity (Wildman–Crippen MR) is 76.5 cm³/mol. The molecule has 0 aliphatic carbocycles. The molecule has 98 valence electrons. The fraction of sp³-hybridized carbons (Fsp3) is 0.438. The predicted octanol–water partition coefficient (Wildman–Crippen LogP) is 3.60. The lowest BCUT2D eigenvalue weighted by Crippen LogP contribution is -2.27. The van der Waals surface area contributed by atoms with Crippen molar-refractivity contribution in [3.05, 3.63) is 48.0 Å². The zero-order chi connectivity index (χ0) is 13.4. The van der Waals surface area contributed by atoms with E-state index in [1.165, 1.54) is 0 Å². The summed E-state index contributed by atoms with van der Waals surface area (Å²) in [7, 11) is 3.92. The van der Waals surface area contributed by atoms with Crippen molar-refractivity contribution in [2.45, 2.75) is 32.2 Å². The molecule has 1 aromatic rings. The Morgan fingerprint density at radius 1 is 1.28 bits per heavy atom. The molecule has 0 fully saturated rings. The molecule has 18 heavy (non-hydrogen) atoms. The van der Waals surface area contributed by atoms with Gasteiger partial charge in [-0.1, -0.05) is 42.5 Å². The molecule has 0 spiro atoms. The molecule has 0 saturated heterocycles. The molecular weight excluding hydrogens is 222 g/mol. The molecule has 0 aliphatic heterocycles. The van der Waals surface area contributed by atoms with Crippen LogP contribution in [0.5, 0.6) is 0 Å². The molecule has 2 heteroatoms. The topological polar surface area (TPSA) is 20.3 Å². The van der Waals surface area contributed by atoms with Gasteiger partial charge in [0.1, 0.15) is 0 Å². The lowest BCUT2D eigenvalue weighted by atomic mass is 9.98. The molecule has 1 unspecified atom stereocenters. The first-order valence-electron chi connectivity index (χ1n) is 6.52. The molecule has 0 saturated carbocycles. The van der Waals surface area contributed by atoms with E-state index in [9.17, 15) is 4.79 Å². The van der Waals surface area contributed by atoms with Gasteiger partial charge in [0.25, 0.3) is 0 Å². The number of nitrogens with zero attached hydrogens (tertiary/aromatic N) is 1. The van der Waals surface area contributed by atoms with Crippen LogP contribution in [0.2, 0.25) is 0 Å². The highest BCUT2D eigenvalue weighted by molar-refractivity contribution is 5.85. The van der Waals surface area contributed by atoms with E-state index in [0.29, 0.717) is 12.2 Å². The molecule has 2 nitrogen and oxygen atoms in total. The van der Waals surface area contributed by atoms with Gasteiger partial charge in [-0.2, -0.15) is 0 Å². The summed E-state index contributed by atoms with van der Waals surface area (Å²) in [6.45, 7) is 2.01. The number of hydrogen-bond donors (Lipinski definition) is 0. The zero-order valence-corrected chi connectivity index (χ0v) is 11.6.